The van der Waals surface area contributed by atoms with Crippen LogP contribution in [0.2, 0.25) is 0 Å². The van der Waals surface area contributed by atoms with Crippen LogP contribution in [-0.2, 0) is 0 Å². The van der Waals surface area contributed by atoms with Gasteiger partial charge in [-0.25, -0.2) is 4.98 Å². The Hall–Kier alpha value is -1.36. The van der Waals surface area contributed by atoms with Gasteiger partial charge in [0, 0.05) is 26.1 Å². The van der Waals surface area contributed by atoms with E-state index >= 15 is 0 Å². The zero-order valence-electron chi connectivity index (χ0n) is 9.67. The van der Waals surface area contributed by atoms with Crippen LogP contribution in [0, 0.1) is 13.8 Å². The predicted molar refractivity (Wildman–Crippen MR) is 59.3 cm³/mol. The van der Waals surface area contributed by atoms with Gasteiger partial charge >= 0.3 is 0 Å². The molecule has 0 aliphatic heterocycles. The Kier molecular flexibility index (Phi) is 3.24. The third kappa shape index (κ3) is 2.82. The SMILES string of the molecule is Cc1nc(C)c(C(=O)NCCNC2CC2)o1. The van der Waals surface area contributed by atoms with Crippen molar-refractivity contribution >= 4 is 5.91 Å². The Balaban J connectivity index is 1.75. The number of nitrogens with zero attached hydrogens (tertiary/aromatic N) is 1. The zero-order valence-corrected chi connectivity index (χ0v) is 9.67. The second-order valence-corrected chi connectivity index (χ2v) is 4.13. The molecule has 2 N–H and O–H groups in total. The molecule has 16 heavy (non-hydrogen) atoms. The van der Waals surface area contributed by atoms with Crippen LogP contribution in [0.25, 0.3) is 0 Å². The minimum absolute atomic E-state index is 0.185. The molecular weight excluding hydrogens is 206 g/mol. The fourth-order valence-electron chi connectivity index (χ4n) is 1.56. The largest absolute Gasteiger partial charge is 0.436 e. The molecule has 1 amide bonds. The number of hydrogen-bond acceptors (Lipinski definition) is 4. The second-order valence-electron chi connectivity index (χ2n) is 4.13. The van der Waals surface area contributed by atoms with Gasteiger partial charge in [0.05, 0.1) is 5.69 Å². The smallest absolute Gasteiger partial charge is 0.289 e. The highest BCUT2D eigenvalue weighted by atomic mass is 16.4. The zero-order chi connectivity index (χ0) is 11.5. The molecule has 0 aromatic carbocycles. The Morgan fingerprint density at radius 1 is 1.44 bits per heavy atom. The molecule has 0 unspecified atom stereocenters. The van der Waals surface area contributed by atoms with Gasteiger partial charge < -0.3 is 15.1 Å². The summed E-state index contributed by atoms with van der Waals surface area (Å²) in [6.45, 7) is 4.93. The molecular formula is C11H17N3O2. The first-order valence-corrected chi connectivity index (χ1v) is 5.62. The van der Waals surface area contributed by atoms with Crippen LogP contribution in [0.5, 0.6) is 0 Å². The van der Waals surface area contributed by atoms with Crippen LogP contribution in [0.15, 0.2) is 4.42 Å². The molecule has 2 rings (SSSR count). The minimum atomic E-state index is -0.185. The molecule has 0 spiro atoms. The summed E-state index contributed by atoms with van der Waals surface area (Å²) >= 11 is 0. The maximum atomic E-state index is 11.7. The summed E-state index contributed by atoms with van der Waals surface area (Å²) in [6, 6.07) is 0.672. The van der Waals surface area contributed by atoms with Crippen LogP contribution < -0.4 is 10.6 Å². The van der Waals surface area contributed by atoms with Crippen molar-refractivity contribution in [2.75, 3.05) is 13.1 Å². The highest BCUT2D eigenvalue weighted by Gasteiger charge is 2.20. The van der Waals surface area contributed by atoms with Gasteiger partial charge in [0.15, 0.2) is 5.89 Å². The average molecular weight is 223 g/mol. The molecule has 1 aliphatic carbocycles. The van der Waals surface area contributed by atoms with E-state index in [1.54, 1.807) is 13.8 Å². The number of nitrogens with one attached hydrogen (secondary N) is 2. The molecule has 0 radical (unpaired) electrons. The number of aryl methyl sites for hydroxylation is 2. The van der Waals surface area contributed by atoms with Gasteiger partial charge in [-0.05, 0) is 19.8 Å². The van der Waals surface area contributed by atoms with E-state index in [1.165, 1.54) is 12.8 Å². The van der Waals surface area contributed by atoms with Crippen molar-refractivity contribution in [2.24, 2.45) is 0 Å². The number of carbonyl (C=O) groups is 1. The molecule has 1 aliphatic rings. The molecule has 0 atom stereocenters. The van der Waals surface area contributed by atoms with Gasteiger partial charge in [-0.15, -0.1) is 0 Å². The van der Waals surface area contributed by atoms with Gasteiger partial charge in [0.1, 0.15) is 0 Å². The highest BCUT2D eigenvalue weighted by molar-refractivity contribution is 5.92. The number of amides is 1. The maximum Gasteiger partial charge on any atom is 0.289 e. The van der Waals surface area contributed by atoms with E-state index in [-0.39, 0.29) is 5.91 Å². The summed E-state index contributed by atoms with van der Waals surface area (Å²) in [5.41, 5.74) is 0.644. The molecule has 88 valence electrons. The lowest BCUT2D eigenvalue weighted by atomic mass is 10.3. The predicted octanol–water partition coefficient (Wildman–Crippen LogP) is 0.773. The Bertz CT molecular complexity index is 383. The molecule has 5 nitrogen and oxygen atoms in total. The third-order valence-electron chi connectivity index (χ3n) is 2.53. The number of oxazole rings is 1. The summed E-state index contributed by atoms with van der Waals surface area (Å²) < 4.78 is 5.22. The van der Waals surface area contributed by atoms with Gasteiger partial charge in [-0.3, -0.25) is 4.79 Å². The van der Waals surface area contributed by atoms with E-state index in [2.05, 4.69) is 15.6 Å². The van der Waals surface area contributed by atoms with Crippen molar-refractivity contribution in [3.63, 3.8) is 0 Å². The molecule has 1 aromatic rings. The summed E-state index contributed by atoms with van der Waals surface area (Å²) in [7, 11) is 0. The first kappa shape index (κ1) is 11.1. The fourth-order valence-corrected chi connectivity index (χ4v) is 1.56. The second kappa shape index (κ2) is 4.65. The molecule has 1 aromatic heterocycles. The fraction of sp³-hybridized carbons (Fsp3) is 0.636. The number of aromatic nitrogens is 1. The number of carbonyl (C=O) groups excluding carboxylic acids is 1. The molecule has 0 saturated heterocycles. The topological polar surface area (TPSA) is 67.2 Å². The summed E-state index contributed by atoms with van der Waals surface area (Å²) in [6.07, 6.45) is 2.52. The lowest BCUT2D eigenvalue weighted by molar-refractivity contribution is 0.0924. The number of hydrogen-bond donors (Lipinski definition) is 2. The molecule has 1 fully saturated rings. The van der Waals surface area contributed by atoms with Crippen LogP contribution in [0.1, 0.15) is 35.0 Å². The normalized spacial score (nSPS) is 15.1. The third-order valence-corrected chi connectivity index (χ3v) is 2.53. The Labute approximate surface area is 94.6 Å². The van der Waals surface area contributed by atoms with Crippen LogP contribution in [-0.4, -0.2) is 30.0 Å². The standard InChI is InChI=1S/C11H17N3O2/c1-7-10(16-8(2)14-7)11(15)13-6-5-12-9-3-4-9/h9,12H,3-6H2,1-2H3,(H,13,15). The first-order valence-electron chi connectivity index (χ1n) is 5.62. The van der Waals surface area contributed by atoms with Crippen molar-refractivity contribution in [3.05, 3.63) is 17.3 Å². The Morgan fingerprint density at radius 2 is 2.19 bits per heavy atom. The molecule has 1 heterocycles. The summed E-state index contributed by atoms with van der Waals surface area (Å²) in [5.74, 6) is 0.665. The maximum absolute atomic E-state index is 11.7. The van der Waals surface area contributed by atoms with Crippen LogP contribution in [0.3, 0.4) is 0 Å². The number of rotatable bonds is 5. The van der Waals surface area contributed by atoms with Crippen molar-refractivity contribution in [2.45, 2.75) is 32.7 Å². The Morgan fingerprint density at radius 3 is 2.75 bits per heavy atom. The van der Waals surface area contributed by atoms with Gasteiger partial charge in [0.25, 0.3) is 5.91 Å². The van der Waals surface area contributed by atoms with Crippen molar-refractivity contribution < 1.29 is 9.21 Å². The average Bonchev–Trinajstić information content (AvgIpc) is 2.98. The van der Waals surface area contributed by atoms with Crippen molar-refractivity contribution in [1.29, 1.82) is 0 Å². The van der Waals surface area contributed by atoms with E-state index in [4.69, 9.17) is 4.42 Å². The lowest BCUT2D eigenvalue weighted by Gasteiger charge is -2.04. The van der Waals surface area contributed by atoms with Crippen LogP contribution in [0.4, 0.5) is 0 Å². The van der Waals surface area contributed by atoms with Gasteiger partial charge in [-0.1, -0.05) is 0 Å². The van der Waals surface area contributed by atoms with Crippen LogP contribution >= 0.6 is 0 Å². The van der Waals surface area contributed by atoms with Crippen molar-refractivity contribution in [1.82, 2.24) is 15.6 Å². The summed E-state index contributed by atoms with van der Waals surface area (Å²) in [5, 5.41) is 6.12. The van der Waals surface area contributed by atoms with E-state index in [1.807, 2.05) is 0 Å². The minimum Gasteiger partial charge on any atom is -0.436 e. The lowest BCUT2D eigenvalue weighted by Crippen LogP contribution is -2.32. The highest BCUT2D eigenvalue weighted by Crippen LogP contribution is 2.17. The quantitative estimate of drug-likeness (QED) is 0.724. The van der Waals surface area contributed by atoms with E-state index in [0.717, 1.165) is 6.54 Å². The molecule has 5 heteroatoms. The van der Waals surface area contributed by atoms with Gasteiger partial charge in [-0.2, -0.15) is 0 Å². The molecule has 1 saturated carbocycles. The first-order chi connectivity index (χ1) is 7.66. The monoisotopic (exact) mass is 223 g/mol. The van der Waals surface area contributed by atoms with E-state index in [0.29, 0.717) is 29.9 Å². The molecule has 0 bridgehead atoms. The van der Waals surface area contributed by atoms with E-state index in [9.17, 15) is 4.79 Å². The summed E-state index contributed by atoms with van der Waals surface area (Å²) in [4.78, 5) is 15.7. The van der Waals surface area contributed by atoms with Gasteiger partial charge in [0.2, 0.25) is 5.76 Å². The van der Waals surface area contributed by atoms with E-state index < -0.39 is 0 Å². The van der Waals surface area contributed by atoms with Crippen molar-refractivity contribution in [3.8, 4) is 0 Å².